The number of morpholine rings is 1. The highest BCUT2D eigenvalue weighted by atomic mass is 16.5. The van der Waals surface area contributed by atoms with Gasteiger partial charge in [-0.15, -0.1) is 0 Å². The third-order valence-corrected chi connectivity index (χ3v) is 4.02. The van der Waals surface area contributed by atoms with Crippen LogP contribution in [0.15, 0.2) is 0 Å². The van der Waals surface area contributed by atoms with Gasteiger partial charge in [0.2, 0.25) is 5.91 Å². The molecule has 3 unspecified atom stereocenters. The average molecular weight is 270 g/mol. The molecule has 1 amide bonds. The highest BCUT2D eigenvalue weighted by molar-refractivity contribution is 5.85. The molecule has 0 bridgehead atoms. The summed E-state index contributed by atoms with van der Waals surface area (Å²) >= 11 is 0. The van der Waals surface area contributed by atoms with E-state index in [4.69, 9.17) is 9.84 Å². The lowest BCUT2D eigenvalue weighted by atomic mass is 9.95. The Hall–Kier alpha value is -1.14. The molecule has 1 aliphatic heterocycles. The molecule has 6 heteroatoms. The summed E-state index contributed by atoms with van der Waals surface area (Å²) in [5.41, 5.74) is 0. The third kappa shape index (κ3) is 3.67. The van der Waals surface area contributed by atoms with Gasteiger partial charge in [0.25, 0.3) is 0 Å². The van der Waals surface area contributed by atoms with Crippen LogP contribution >= 0.6 is 0 Å². The van der Waals surface area contributed by atoms with Gasteiger partial charge in [0.1, 0.15) is 0 Å². The molecule has 0 aromatic rings. The summed E-state index contributed by atoms with van der Waals surface area (Å²) in [7, 11) is 2.02. The van der Waals surface area contributed by atoms with Crippen molar-refractivity contribution in [1.82, 2.24) is 10.2 Å². The number of aliphatic carboxylic acids is 1. The summed E-state index contributed by atoms with van der Waals surface area (Å²) in [5.74, 6) is -1.89. The van der Waals surface area contributed by atoms with Gasteiger partial charge in [-0.3, -0.25) is 9.59 Å². The zero-order valence-electron chi connectivity index (χ0n) is 11.3. The molecule has 0 aromatic heterocycles. The number of carbonyl (C=O) groups is 2. The van der Waals surface area contributed by atoms with Gasteiger partial charge in [-0.25, -0.2) is 0 Å². The molecule has 0 spiro atoms. The number of carbonyl (C=O) groups excluding carboxylic acids is 1. The van der Waals surface area contributed by atoms with Crippen LogP contribution in [0.4, 0.5) is 0 Å². The second-order valence-corrected chi connectivity index (χ2v) is 5.48. The number of carboxylic acid groups (broad SMARTS) is 1. The van der Waals surface area contributed by atoms with Gasteiger partial charge >= 0.3 is 5.97 Å². The summed E-state index contributed by atoms with van der Waals surface area (Å²) in [6.07, 6.45) is 2.11. The van der Waals surface area contributed by atoms with Crippen molar-refractivity contribution in [1.29, 1.82) is 0 Å². The standard InChI is InChI=1S/C13H22N2O4/c1-15-5-6-19-9(8-15)7-14-12(16)10-3-2-4-11(10)13(17)18/h9-11H,2-8H2,1H3,(H,14,16)(H,17,18). The van der Waals surface area contributed by atoms with E-state index in [0.717, 1.165) is 19.5 Å². The smallest absolute Gasteiger partial charge is 0.307 e. The Morgan fingerprint density at radius 1 is 1.37 bits per heavy atom. The lowest BCUT2D eigenvalue weighted by molar-refractivity contribution is -0.146. The number of rotatable bonds is 4. The van der Waals surface area contributed by atoms with Crippen LogP contribution in [-0.2, 0) is 14.3 Å². The highest BCUT2D eigenvalue weighted by Gasteiger charge is 2.37. The number of ether oxygens (including phenoxy) is 1. The maximum atomic E-state index is 12.0. The van der Waals surface area contributed by atoms with Crippen LogP contribution in [0.25, 0.3) is 0 Å². The zero-order chi connectivity index (χ0) is 13.8. The van der Waals surface area contributed by atoms with Crippen LogP contribution in [0.1, 0.15) is 19.3 Å². The molecule has 2 aliphatic rings. The molecule has 19 heavy (non-hydrogen) atoms. The van der Waals surface area contributed by atoms with Crippen LogP contribution in [-0.4, -0.2) is 61.3 Å². The van der Waals surface area contributed by atoms with E-state index in [1.165, 1.54) is 0 Å². The minimum Gasteiger partial charge on any atom is -0.481 e. The van der Waals surface area contributed by atoms with E-state index >= 15 is 0 Å². The van der Waals surface area contributed by atoms with Crippen molar-refractivity contribution in [3.8, 4) is 0 Å². The highest BCUT2D eigenvalue weighted by Crippen LogP contribution is 2.31. The molecule has 0 aromatic carbocycles. The Bertz CT molecular complexity index is 348. The van der Waals surface area contributed by atoms with Crippen LogP contribution in [0.5, 0.6) is 0 Å². The molecular weight excluding hydrogens is 248 g/mol. The Morgan fingerprint density at radius 2 is 2.11 bits per heavy atom. The van der Waals surface area contributed by atoms with Gasteiger partial charge in [0.05, 0.1) is 24.5 Å². The molecule has 2 fully saturated rings. The molecule has 1 heterocycles. The fourth-order valence-electron chi connectivity index (χ4n) is 2.91. The van der Waals surface area contributed by atoms with Gasteiger partial charge in [-0.2, -0.15) is 0 Å². The molecule has 6 nitrogen and oxygen atoms in total. The number of nitrogens with zero attached hydrogens (tertiary/aromatic N) is 1. The lowest BCUT2D eigenvalue weighted by Gasteiger charge is -2.30. The predicted molar refractivity (Wildman–Crippen MR) is 68.7 cm³/mol. The first-order valence-corrected chi connectivity index (χ1v) is 6.88. The molecule has 2 rings (SSSR count). The van der Waals surface area contributed by atoms with Crippen LogP contribution < -0.4 is 5.32 Å². The summed E-state index contributed by atoms with van der Waals surface area (Å²) in [4.78, 5) is 25.3. The van der Waals surface area contributed by atoms with E-state index in [1.54, 1.807) is 0 Å². The topological polar surface area (TPSA) is 78.9 Å². The van der Waals surface area contributed by atoms with Crippen LogP contribution in [0.3, 0.4) is 0 Å². The first-order valence-electron chi connectivity index (χ1n) is 6.88. The normalized spacial score (nSPS) is 32.2. The Morgan fingerprint density at radius 3 is 2.79 bits per heavy atom. The molecule has 1 saturated carbocycles. The predicted octanol–water partition coefficient (Wildman–Crippen LogP) is -0.0659. The van der Waals surface area contributed by atoms with Gasteiger partial charge in [0, 0.05) is 19.6 Å². The van der Waals surface area contributed by atoms with Crippen molar-refractivity contribution in [2.75, 3.05) is 33.3 Å². The minimum absolute atomic E-state index is 0.00683. The molecular formula is C13H22N2O4. The Labute approximate surface area is 113 Å². The minimum atomic E-state index is -0.855. The largest absolute Gasteiger partial charge is 0.481 e. The summed E-state index contributed by atoms with van der Waals surface area (Å²) in [5, 5.41) is 11.9. The van der Waals surface area contributed by atoms with Gasteiger partial charge in [-0.1, -0.05) is 6.42 Å². The summed E-state index contributed by atoms with van der Waals surface area (Å²) < 4.78 is 5.56. The Balaban J connectivity index is 1.79. The van der Waals surface area contributed by atoms with Crippen LogP contribution in [0, 0.1) is 11.8 Å². The molecule has 0 radical (unpaired) electrons. The fraction of sp³-hybridized carbons (Fsp3) is 0.846. The SMILES string of the molecule is CN1CCOC(CNC(=O)C2CCCC2C(=O)O)C1. The number of carboxylic acids is 1. The molecule has 3 atom stereocenters. The number of likely N-dealkylation sites (N-methyl/N-ethyl adjacent to an activating group) is 1. The fourth-order valence-corrected chi connectivity index (χ4v) is 2.91. The Kier molecular flexibility index (Phi) is 4.76. The second-order valence-electron chi connectivity index (χ2n) is 5.48. The van der Waals surface area contributed by atoms with Crippen molar-refractivity contribution >= 4 is 11.9 Å². The van der Waals surface area contributed by atoms with E-state index in [9.17, 15) is 9.59 Å². The summed E-state index contributed by atoms with van der Waals surface area (Å²) in [6, 6.07) is 0. The lowest BCUT2D eigenvalue weighted by Crippen LogP contribution is -2.47. The number of nitrogens with one attached hydrogen (secondary N) is 1. The van der Waals surface area contributed by atoms with Crippen molar-refractivity contribution in [2.24, 2.45) is 11.8 Å². The molecule has 1 aliphatic carbocycles. The van der Waals surface area contributed by atoms with Crippen LogP contribution in [0.2, 0.25) is 0 Å². The average Bonchev–Trinajstić information content (AvgIpc) is 2.85. The van der Waals surface area contributed by atoms with Gasteiger partial charge in [-0.05, 0) is 19.9 Å². The quantitative estimate of drug-likeness (QED) is 0.748. The van der Waals surface area contributed by atoms with Gasteiger partial charge < -0.3 is 20.1 Å². The first-order chi connectivity index (χ1) is 9.08. The van der Waals surface area contributed by atoms with Gasteiger partial charge in [0.15, 0.2) is 0 Å². The van der Waals surface area contributed by atoms with Crippen molar-refractivity contribution in [2.45, 2.75) is 25.4 Å². The number of amides is 1. The maximum Gasteiger partial charge on any atom is 0.307 e. The van der Waals surface area contributed by atoms with Crippen molar-refractivity contribution in [3.63, 3.8) is 0 Å². The van der Waals surface area contributed by atoms with Crippen molar-refractivity contribution < 1.29 is 19.4 Å². The molecule has 2 N–H and O–H groups in total. The van der Waals surface area contributed by atoms with E-state index < -0.39 is 11.9 Å². The second kappa shape index (κ2) is 6.34. The van der Waals surface area contributed by atoms with E-state index in [0.29, 0.717) is 26.0 Å². The maximum absolute atomic E-state index is 12.0. The summed E-state index contributed by atoms with van der Waals surface area (Å²) in [6.45, 7) is 2.85. The van der Waals surface area contributed by atoms with Crippen molar-refractivity contribution in [3.05, 3.63) is 0 Å². The van der Waals surface area contributed by atoms with E-state index in [-0.39, 0.29) is 17.9 Å². The first kappa shape index (κ1) is 14.3. The number of hydrogen-bond acceptors (Lipinski definition) is 4. The number of hydrogen-bond donors (Lipinski definition) is 2. The third-order valence-electron chi connectivity index (χ3n) is 4.02. The van der Waals surface area contributed by atoms with E-state index in [1.807, 2.05) is 7.05 Å². The molecule has 108 valence electrons. The molecule has 1 saturated heterocycles. The zero-order valence-corrected chi connectivity index (χ0v) is 11.3. The monoisotopic (exact) mass is 270 g/mol. The van der Waals surface area contributed by atoms with E-state index in [2.05, 4.69) is 10.2 Å².